The Morgan fingerprint density at radius 1 is 1.33 bits per heavy atom. The minimum Gasteiger partial charge on any atom is -0.497 e. The molecule has 1 aromatic carbocycles. The van der Waals surface area contributed by atoms with Gasteiger partial charge in [-0.05, 0) is 49.3 Å². The summed E-state index contributed by atoms with van der Waals surface area (Å²) in [4.78, 5) is 18.2. The molecule has 1 heterocycles. The van der Waals surface area contributed by atoms with Crippen LogP contribution in [-0.2, 0) is 11.2 Å². The van der Waals surface area contributed by atoms with Gasteiger partial charge in [0.15, 0.2) is 5.96 Å². The zero-order chi connectivity index (χ0) is 18.8. The Hall–Kier alpha value is -1.51. The van der Waals surface area contributed by atoms with Crippen molar-refractivity contribution in [2.75, 3.05) is 40.8 Å². The lowest BCUT2D eigenvalue weighted by Crippen LogP contribution is -2.46. The molecule has 0 aliphatic carbocycles. The number of piperidine rings is 1. The molecule has 2 rings (SSSR count). The van der Waals surface area contributed by atoms with E-state index >= 15 is 0 Å². The Bertz CT molecular complexity index is 601. The van der Waals surface area contributed by atoms with Crippen molar-refractivity contribution in [3.8, 4) is 5.75 Å². The van der Waals surface area contributed by atoms with Gasteiger partial charge < -0.3 is 20.3 Å². The first kappa shape index (κ1) is 23.5. The molecule has 0 aromatic heterocycles. The van der Waals surface area contributed by atoms with E-state index in [0.717, 1.165) is 57.0 Å². The molecule has 0 unspecified atom stereocenters. The first-order chi connectivity index (χ1) is 12.7. The summed E-state index contributed by atoms with van der Waals surface area (Å²) in [5.41, 5.74) is 1.29. The second kappa shape index (κ2) is 12.8. The number of hydrogen-bond acceptors (Lipinski definition) is 3. The minimum absolute atomic E-state index is 0. The number of methoxy groups -OCH3 is 1. The summed E-state index contributed by atoms with van der Waals surface area (Å²) in [6, 6.07) is 8.22. The van der Waals surface area contributed by atoms with E-state index in [4.69, 9.17) is 4.74 Å². The number of aryl methyl sites for hydroxylation is 1. The Morgan fingerprint density at radius 2 is 2.07 bits per heavy atom. The van der Waals surface area contributed by atoms with Crippen molar-refractivity contribution in [1.82, 2.24) is 15.5 Å². The molecule has 0 radical (unpaired) electrons. The number of rotatable bonds is 7. The van der Waals surface area contributed by atoms with E-state index in [1.165, 1.54) is 5.56 Å². The van der Waals surface area contributed by atoms with E-state index < -0.39 is 0 Å². The van der Waals surface area contributed by atoms with Gasteiger partial charge in [-0.3, -0.25) is 9.79 Å². The molecular formula is C20H33IN4O2. The maximum Gasteiger partial charge on any atom is 0.220 e. The lowest BCUT2D eigenvalue weighted by atomic mass is 9.93. The highest BCUT2D eigenvalue weighted by atomic mass is 127. The molecule has 7 heteroatoms. The number of carbonyl (C=O) groups excluding carboxylic acids is 1. The van der Waals surface area contributed by atoms with Crippen LogP contribution < -0.4 is 15.4 Å². The van der Waals surface area contributed by atoms with Crippen LogP contribution in [0.1, 0.15) is 31.2 Å². The Morgan fingerprint density at radius 3 is 2.70 bits per heavy atom. The van der Waals surface area contributed by atoms with Crippen LogP contribution in [-0.4, -0.2) is 57.6 Å². The normalized spacial score (nSPS) is 15.1. The molecule has 27 heavy (non-hydrogen) atoms. The van der Waals surface area contributed by atoms with Gasteiger partial charge in [0.25, 0.3) is 0 Å². The van der Waals surface area contributed by atoms with Crippen molar-refractivity contribution in [2.45, 2.75) is 32.1 Å². The molecule has 0 atom stereocenters. The van der Waals surface area contributed by atoms with Crippen molar-refractivity contribution in [3.05, 3.63) is 29.8 Å². The van der Waals surface area contributed by atoms with Gasteiger partial charge >= 0.3 is 0 Å². The molecule has 1 fully saturated rings. The first-order valence-corrected chi connectivity index (χ1v) is 9.45. The molecule has 152 valence electrons. The predicted octanol–water partition coefficient (Wildman–Crippen LogP) is 2.67. The molecule has 0 spiro atoms. The second-order valence-electron chi connectivity index (χ2n) is 6.74. The van der Waals surface area contributed by atoms with Crippen molar-refractivity contribution < 1.29 is 9.53 Å². The third-order valence-electron chi connectivity index (χ3n) is 4.94. The number of nitrogens with one attached hydrogen (secondary N) is 2. The Kier molecular flexibility index (Phi) is 11.2. The number of carbonyl (C=O) groups is 1. The van der Waals surface area contributed by atoms with E-state index in [1.807, 2.05) is 19.2 Å². The maximum absolute atomic E-state index is 11.5. The number of amides is 1. The minimum atomic E-state index is 0. The number of ether oxygens (including phenoxy) is 1. The monoisotopic (exact) mass is 488 g/mol. The molecule has 6 nitrogen and oxygen atoms in total. The van der Waals surface area contributed by atoms with Gasteiger partial charge in [-0.25, -0.2) is 0 Å². The highest BCUT2D eigenvalue weighted by Crippen LogP contribution is 2.20. The lowest BCUT2D eigenvalue weighted by Gasteiger charge is -2.34. The third-order valence-corrected chi connectivity index (χ3v) is 4.94. The third kappa shape index (κ3) is 7.94. The van der Waals surface area contributed by atoms with Gasteiger partial charge in [-0.15, -0.1) is 24.0 Å². The smallest absolute Gasteiger partial charge is 0.220 e. The van der Waals surface area contributed by atoms with Crippen LogP contribution in [0, 0.1) is 5.92 Å². The number of guanidine groups is 1. The molecule has 1 aliphatic rings. The highest BCUT2D eigenvalue weighted by molar-refractivity contribution is 14.0. The SMILES string of the molecule is CN=C(NCCCc1cccc(OC)c1)N1CCC(CC(=O)NC)CC1.I. The van der Waals surface area contributed by atoms with E-state index in [1.54, 1.807) is 14.2 Å². The van der Waals surface area contributed by atoms with Crippen LogP contribution in [0.4, 0.5) is 0 Å². The summed E-state index contributed by atoms with van der Waals surface area (Å²) in [6.07, 6.45) is 4.77. The van der Waals surface area contributed by atoms with Gasteiger partial charge in [0.1, 0.15) is 5.75 Å². The van der Waals surface area contributed by atoms with Crippen molar-refractivity contribution in [1.29, 1.82) is 0 Å². The second-order valence-corrected chi connectivity index (χ2v) is 6.74. The fourth-order valence-electron chi connectivity index (χ4n) is 3.37. The van der Waals surface area contributed by atoms with Crippen molar-refractivity contribution in [3.63, 3.8) is 0 Å². The summed E-state index contributed by atoms with van der Waals surface area (Å²) in [6.45, 7) is 2.80. The summed E-state index contributed by atoms with van der Waals surface area (Å²) in [5.74, 6) is 2.50. The highest BCUT2D eigenvalue weighted by Gasteiger charge is 2.22. The van der Waals surface area contributed by atoms with Crippen molar-refractivity contribution >= 4 is 35.8 Å². The number of nitrogens with zero attached hydrogens (tertiary/aromatic N) is 2. The Labute approximate surface area is 180 Å². The van der Waals surface area contributed by atoms with Crippen molar-refractivity contribution in [2.24, 2.45) is 10.9 Å². The van der Waals surface area contributed by atoms with E-state index in [9.17, 15) is 4.79 Å². The van der Waals surface area contributed by atoms with Crippen LogP contribution >= 0.6 is 24.0 Å². The number of hydrogen-bond donors (Lipinski definition) is 2. The molecule has 0 bridgehead atoms. The van der Waals surface area contributed by atoms with Gasteiger partial charge in [-0.1, -0.05) is 12.1 Å². The summed E-state index contributed by atoms with van der Waals surface area (Å²) in [7, 11) is 5.23. The van der Waals surface area contributed by atoms with Crippen LogP contribution in [0.15, 0.2) is 29.3 Å². The average molecular weight is 488 g/mol. The number of aliphatic imine (C=N–C) groups is 1. The quantitative estimate of drug-likeness (QED) is 0.268. The first-order valence-electron chi connectivity index (χ1n) is 9.45. The lowest BCUT2D eigenvalue weighted by molar-refractivity contribution is -0.121. The molecule has 2 N–H and O–H groups in total. The molecule has 1 aliphatic heterocycles. The summed E-state index contributed by atoms with van der Waals surface area (Å²) >= 11 is 0. The molecule has 1 amide bonds. The summed E-state index contributed by atoms with van der Waals surface area (Å²) < 4.78 is 5.27. The largest absolute Gasteiger partial charge is 0.497 e. The Balaban J connectivity index is 0.00000364. The fraction of sp³-hybridized carbons (Fsp3) is 0.600. The zero-order valence-corrected chi connectivity index (χ0v) is 19.0. The topological polar surface area (TPSA) is 66.0 Å². The predicted molar refractivity (Wildman–Crippen MR) is 121 cm³/mol. The van der Waals surface area contributed by atoms with Crippen LogP contribution in [0.3, 0.4) is 0 Å². The molecule has 1 saturated heterocycles. The summed E-state index contributed by atoms with van der Waals surface area (Å²) in [5, 5.41) is 6.19. The van der Waals surface area contributed by atoms with Crippen LogP contribution in [0.2, 0.25) is 0 Å². The van der Waals surface area contributed by atoms with Gasteiger partial charge in [0, 0.05) is 40.2 Å². The van der Waals surface area contributed by atoms with Crippen LogP contribution in [0.5, 0.6) is 5.75 Å². The molecule has 1 aromatic rings. The number of benzene rings is 1. The molecular weight excluding hydrogens is 455 g/mol. The maximum atomic E-state index is 11.5. The van der Waals surface area contributed by atoms with E-state index in [2.05, 4.69) is 32.7 Å². The fourth-order valence-corrected chi connectivity index (χ4v) is 3.37. The molecule has 0 saturated carbocycles. The van der Waals surface area contributed by atoms with Gasteiger partial charge in [0.05, 0.1) is 7.11 Å². The number of halogens is 1. The van der Waals surface area contributed by atoms with E-state index in [-0.39, 0.29) is 29.9 Å². The van der Waals surface area contributed by atoms with E-state index in [0.29, 0.717) is 12.3 Å². The average Bonchev–Trinajstić information content (AvgIpc) is 2.69. The number of likely N-dealkylation sites (tertiary alicyclic amines) is 1. The van der Waals surface area contributed by atoms with Crippen LogP contribution in [0.25, 0.3) is 0 Å². The standard InChI is InChI=1S/C20H32N4O2.HI/c1-21-19(25)15-17-9-12-24(13-10-17)20(22-2)23-11-5-7-16-6-4-8-18(14-16)26-3;/h4,6,8,14,17H,5,7,9-13,15H2,1-3H3,(H,21,25)(H,22,23);1H. The zero-order valence-electron chi connectivity index (χ0n) is 16.7. The van der Waals surface area contributed by atoms with Gasteiger partial charge in [0.2, 0.25) is 5.91 Å². The van der Waals surface area contributed by atoms with Gasteiger partial charge in [-0.2, -0.15) is 0 Å².